The summed E-state index contributed by atoms with van der Waals surface area (Å²) in [6.45, 7) is 3.61. The number of para-hydroxylation sites is 1. The lowest BCUT2D eigenvalue weighted by Crippen LogP contribution is -2.11. The molecule has 4 aromatic rings. The first-order chi connectivity index (χ1) is 16.9. The fraction of sp³-hybridized carbons (Fsp3) is 0.250. The molecule has 1 N–H and O–H groups in total. The maximum absolute atomic E-state index is 11.7. The van der Waals surface area contributed by atoms with Gasteiger partial charge in [-0.3, -0.25) is 9.59 Å². The minimum absolute atomic E-state index is 0.0196. The number of aromatic nitrogens is 4. The summed E-state index contributed by atoms with van der Waals surface area (Å²) in [7, 11) is 0. The van der Waals surface area contributed by atoms with Crippen LogP contribution in [0.1, 0.15) is 46.5 Å². The van der Waals surface area contributed by atoms with Crippen molar-refractivity contribution >= 4 is 11.6 Å². The van der Waals surface area contributed by atoms with Crippen LogP contribution in [-0.2, 0) is 6.42 Å². The fourth-order valence-electron chi connectivity index (χ4n) is 2.56. The predicted molar refractivity (Wildman–Crippen MR) is 122 cm³/mol. The van der Waals surface area contributed by atoms with Crippen LogP contribution >= 0.6 is 0 Å². The van der Waals surface area contributed by atoms with E-state index in [1.54, 1.807) is 31.2 Å². The number of carbonyl (C=O) groups excluding carboxylic acids is 2. The van der Waals surface area contributed by atoms with Crippen molar-refractivity contribution in [2.45, 2.75) is 26.7 Å². The van der Waals surface area contributed by atoms with Gasteiger partial charge in [0.05, 0.1) is 13.0 Å². The van der Waals surface area contributed by atoms with Crippen molar-refractivity contribution in [1.82, 2.24) is 20.4 Å². The number of rotatable bonds is 10. The molecule has 11 nitrogen and oxygen atoms in total. The lowest BCUT2D eigenvalue weighted by Gasteiger charge is -2.04. The molecule has 0 aliphatic rings. The summed E-state index contributed by atoms with van der Waals surface area (Å²) in [4.78, 5) is 23.2. The fourth-order valence-corrected chi connectivity index (χ4v) is 2.56. The standard InChI is InChI=1S/C13H14N2O4.C11H10N2O3/c1-2-12-14-15-13(19-12)11(17)7-8-18-10-5-3-9(16)4-6-10;1-8-12-13-11(16-8)10(14)7-15-9-5-3-2-4-6-9/h3-6,16H,2,7-8H2,1H3;2-6H,7H2,1H3. The topological polar surface area (TPSA) is 151 Å². The molecule has 0 atom stereocenters. The Morgan fingerprint density at radius 1 is 0.829 bits per heavy atom. The molecule has 0 aliphatic carbocycles. The van der Waals surface area contributed by atoms with E-state index in [0.717, 1.165) is 0 Å². The van der Waals surface area contributed by atoms with Gasteiger partial charge in [0.25, 0.3) is 17.6 Å². The van der Waals surface area contributed by atoms with Crippen molar-refractivity contribution < 1.29 is 33.0 Å². The van der Waals surface area contributed by atoms with Crippen LogP contribution in [0.5, 0.6) is 17.2 Å². The van der Waals surface area contributed by atoms with Gasteiger partial charge in [-0.1, -0.05) is 25.1 Å². The van der Waals surface area contributed by atoms with Crippen LogP contribution in [-0.4, -0.2) is 50.3 Å². The molecule has 0 saturated carbocycles. The minimum Gasteiger partial charge on any atom is -0.508 e. The lowest BCUT2D eigenvalue weighted by molar-refractivity contribution is 0.0884. The third-order valence-corrected chi connectivity index (χ3v) is 4.32. The zero-order valence-electron chi connectivity index (χ0n) is 19.2. The second-order valence-corrected chi connectivity index (χ2v) is 7.02. The number of hydrogen-bond acceptors (Lipinski definition) is 11. The van der Waals surface area contributed by atoms with E-state index in [9.17, 15) is 9.59 Å². The number of ketones is 2. The molecule has 35 heavy (non-hydrogen) atoms. The van der Waals surface area contributed by atoms with Crippen molar-refractivity contribution in [3.63, 3.8) is 0 Å². The first kappa shape index (κ1) is 25.1. The molecule has 0 spiro atoms. The SMILES string of the molecule is CCc1nnc(C(=O)CCOc2ccc(O)cc2)o1.Cc1nnc(C(=O)COc2ccccc2)o1. The molecule has 4 rings (SSSR count). The molecule has 2 aromatic carbocycles. The molecule has 0 radical (unpaired) electrons. The van der Waals surface area contributed by atoms with E-state index in [4.69, 9.17) is 23.4 Å². The normalized spacial score (nSPS) is 10.2. The summed E-state index contributed by atoms with van der Waals surface area (Å²) in [5.41, 5.74) is 0. The monoisotopic (exact) mass is 480 g/mol. The highest BCUT2D eigenvalue weighted by molar-refractivity contribution is 5.92. The summed E-state index contributed by atoms with van der Waals surface area (Å²) < 4.78 is 20.8. The molecule has 0 unspecified atom stereocenters. The van der Waals surface area contributed by atoms with Crippen LogP contribution in [0.25, 0.3) is 0 Å². The second-order valence-electron chi connectivity index (χ2n) is 7.02. The quantitative estimate of drug-likeness (QED) is 0.331. The maximum atomic E-state index is 11.7. The van der Waals surface area contributed by atoms with Crippen LogP contribution in [0, 0.1) is 6.92 Å². The first-order valence-electron chi connectivity index (χ1n) is 10.7. The van der Waals surface area contributed by atoms with E-state index in [1.165, 1.54) is 12.1 Å². The molecular formula is C24H24N4O7. The number of aryl methyl sites for hydroxylation is 2. The highest BCUT2D eigenvalue weighted by atomic mass is 16.5. The second kappa shape index (κ2) is 12.6. The molecule has 0 amide bonds. The minimum atomic E-state index is -0.329. The van der Waals surface area contributed by atoms with Crippen LogP contribution in [0.15, 0.2) is 63.4 Å². The van der Waals surface area contributed by atoms with Gasteiger partial charge in [-0.15, -0.1) is 20.4 Å². The Balaban J connectivity index is 0.000000198. The van der Waals surface area contributed by atoms with E-state index in [0.29, 0.717) is 29.7 Å². The zero-order valence-corrected chi connectivity index (χ0v) is 19.2. The van der Waals surface area contributed by atoms with Crippen LogP contribution in [0.3, 0.4) is 0 Å². The number of phenols is 1. The Morgan fingerprint density at radius 2 is 1.49 bits per heavy atom. The van der Waals surface area contributed by atoms with Gasteiger partial charge >= 0.3 is 0 Å². The number of Topliss-reactive ketones (excluding diaryl/α,β-unsaturated/α-hetero) is 2. The van der Waals surface area contributed by atoms with Gasteiger partial charge in [0.15, 0.2) is 6.61 Å². The van der Waals surface area contributed by atoms with Gasteiger partial charge in [0, 0.05) is 13.3 Å². The number of nitrogens with zero attached hydrogens (tertiary/aromatic N) is 4. The van der Waals surface area contributed by atoms with Crippen LogP contribution in [0.2, 0.25) is 0 Å². The van der Waals surface area contributed by atoms with E-state index in [-0.39, 0.29) is 48.7 Å². The Morgan fingerprint density at radius 3 is 2.11 bits per heavy atom. The van der Waals surface area contributed by atoms with Crippen LogP contribution < -0.4 is 9.47 Å². The number of ether oxygens (including phenoxy) is 2. The molecule has 2 aromatic heterocycles. The summed E-state index contributed by atoms with van der Waals surface area (Å²) in [5.74, 6) is 1.62. The summed E-state index contributed by atoms with van der Waals surface area (Å²) in [5, 5.41) is 23.7. The van der Waals surface area contributed by atoms with Gasteiger partial charge in [0.1, 0.15) is 17.2 Å². The van der Waals surface area contributed by atoms with Gasteiger partial charge in [0.2, 0.25) is 17.6 Å². The van der Waals surface area contributed by atoms with Gasteiger partial charge in [-0.2, -0.15) is 0 Å². The summed E-state index contributed by atoms with van der Waals surface area (Å²) >= 11 is 0. The van der Waals surface area contributed by atoms with Crippen molar-refractivity contribution in [2.24, 2.45) is 0 Å². The molecule has 0 saturated heterocycles. The maximum Gasteiger partial charge on any atom is 0.287 e. The van der Waals surface area contributed by atoms with Gasteiger partial charge in [-0.05, 0) is 36.4 Å². The van der Waals surface area contributed by atoms with E-state index >= 15 is 0 Å². The highest BCUT2D eigenvalue weighted by Gasteiger charge is 2.15. The highest BCUT2D eigenvalue weighted by Crippen LogP contribution is 2.16. The number of phenolic OH excluding ortho intramolecular Hbond substituents is 1. The van der Waals surface area contributed by atoms with E-state index in [2.05, 4.69) is 20.4 Å². The molecule has 0 fully saturated rings. The first-order valence-corrected chi connectivity index (χ1v) is 10.7. The molecule has 182 valence electrons. The molecule has 2 heterocycles. The molecular weight excluding hydrogens is 456 g/mol. The van der Waals surface area contributed by atoms with Crippen molar-refractivity contribution in [2.75, 3.05) is 13.2 Å². The Hall–Kier alpha value is -4.54. The average molecular weight is 480 g/mol. The average Bonchev–Trinajstić information content (AvgIpc) is 3.54. The van der Waals surface area contributed by atoms with Gasteiger partial charge < -0.3 is 23.4 Å². The largest absolute Gasteiger partial charge is 0.508 e. The summed E-state index contributed by atoms with van der Waals surface area (Å²) in [6.07, 6.45) is 0.760. The third-order valence-electron chi connectivity index (χ3n) is 4.32. The molecule has 0 bridgehead atoms. The third kappa shape index (κ3) is 8.07. The van der Waals surface area contributed by atoms with E-state index < -0.39 is 0 Å². The van der Waals surface area contributed by atoms with Crippen molar-refractivity contribution in [3.05, 3.63) is 78.2 Å². The van der Waals surface area contributed by atoms with Crippen molar-refractivity contribution in [1.29, 1.82) is 0 Å². The van der Waals surface area contributed by atoms with Crippen LogP contribution in [0.4, 0.5) is 0 Å². The van der Waals surface area contributed by atoms with Crippen molar-refractivity contribution in [3.8, 4) is 17.2 Å². The van der Waals surface area contributed by atoms with Gasteiger partial charge in [-0.25, -0.2) is 0 Å². The summed E-state index contributed by atoms with van der Waals surface area (Å²) in [6, 6.07) is 15.4. The lowest BCUT2D eigenvalue weighted by atomic mass is 10.3. The predicted octanol–water partition coefficient (Wildman–Crippen LogP) is 3.63. The number of aromatic hydroxyl groups is 1. The Bertz CT molecular complexity index is 1220. The molecule has 11 heteroatoms. The Kier molecular flexibility index (Phi) is 9.06. The smallest absolute Gasteiger partial charge is 0.287 e. The molecule has 0 aliphatic heterocycles. The number of hydrogen-bond donors (Lipinski definition) is 1. The Labute approximate surface area is 200 Å². The number of benzene rings is 2. The number of carbonyl (C=O) groups is 2. The zero-order chi connectivity index (χ0) is 25.0. The van der Waals surface area contributed by atoms with E-state index in [1.807, 2.05) is 25.1 Å².